The minimum Gasteiger partial charge on any atom is -0.414 e. The maximum absolute atomic E-state index is 13.6. The van der Waals surface area contributed by atoms with Crippen molar-refractivity contribution in [3.05, 3.63) is 28.5 Å². The van der Waals surface area contributed by atoms with Crippen molar-refractivity contribution in [2.45, 2.75) is 76.7 Å². The number of anilines is 1. The summed E-state index contributed by atoms with van der Waals surface area (Å²) in [5.74, 6) is -0.185. The maximum atomic E-state index is 13.6. The predicted octanol–water partition coefficient (Wildman–Crippen LogP) is 6.36. The third-order valence-corrected chi connectivity index (χ3v) is 11.0. The summed E-state index contributed by atoms with van der Waals surface area (Å²) in [6.07, 6.45) is 4.76. The van der Waals surface area contributed by atoms with Crippen LogP contribution in [0.5, 0.6) is 0 Å². The fourth-order valence-corrected chi connectivity index (χ4v) is 5.05. The molecule has 0 aliphatic heterocycles. The molecule has 0 unspecified atom stereocenters. The molecule has 1 aromatic rings. The van der Waals surface area contributed by atoms with Crippen molar-refractivity contribution < 1.29 is 8.82 Å². The van der Waals surface area contributed by atoms with E-state index in [1.807, 2.05) is 0 Å². The summed E-state index contributed by atoms with van der Waals surface area (Å²) in [6.45, 7) is 11.5. The Bertz CT molecular complexity index is 565. The first-order chi connectivity index (χ1) is 11.0. The van der Waals surface area contributed by atoms with E-state index < -0.39 is 8.32 Å². The van der Waals surface area contributed by atoms with E-state index in [9.17, 15) is 4.39 Å². The second kappa shape index (κ2) is 7.46. The molecule has 1 aromatic carbocycles. The van der Waals surface area contributed by atoms with E-state index in [0.29, 0.717) is 12.1 Å². The molecule has 0 atom stereocenters. The Morgan fingerprint density at radius 2 is 1.75 bits per heavy atom. The Morgan fingerprint density at radius 1 is 1.17 bits per heavy atom. The first-order valence-corrected chi connectivity index (χ1v) is 12.6. The van der Waals surface area contributed by atoms with Crippen molar-refractivity contribution in [3.63, 3.8) is 0 Å². The van der Waals surface area contributed by atoms with Crippen LogP contribution in [0.15, 0.2) is 22.7 Å². The molecule has 0 saturated heterocycles. The molecule has 1 aliphatic carbocycles. The smallest absolute Gasteiger partial charge is 0.192 e. The van der Waals surface area contributed by atoms with Gasteiger partial charge in [0.25, 0.3) is 0 Å². The standard InChI is InChI=1S/C19H31BrFNOSi/c1-19(2,3)24(5,6)23-16-10-8-15(9-11-16)22(4)18-13-14(21)7-12-17(18)20/h7,12-13,15-16H,8-11H2,1-6H3. The van der Waals surface area contributed by atoms with Crippen LogP contribution in [-0.4, -0.2) is 27.5 Å². The first-order valence-electron chi connectivity index (χ1n) is 8.87. The van der Waals surface area contributed by atoms with Crippen LogP contribution < -0.4 is 4.90 Å². The Labute approximate surface area is 156 Å². The molecule has 0 spiro atoms. The van der Waals surface area contributed by atoms with Gasteiger partial charge < -0.3 is 9.33 Å². The van der Waals surface area contributed by atoms with Gasteiger partial charge in [0.2, 0.25) is 0 Å². The summed E-state index contributed by atoms with van der Waals surface area (Å²) in [7, 11) is 0.376. The van der Waals surface area contributed by atoms with Crippen LogP contribution in [0.4, 0.5) is 10.1 Å². The average molecular weight is 416 g/mol. The summed E-state index contributed by atoms with van der Waals surface area (Å²) in [6, 6.07) is 5.34. The van der Waals surface area contributed by atoms with E-state index >= 15 is 0 Å². The molecule has 0 aromatic heterocycles. The number of nitrogens with zero attached hydrogens (tertiary/aromatic N) is 1. The van der Waals surface area contributed by atoms with Crippen molar-refractivity contribution in [1.29, 1.82) is 0 Å². The van der Waals surface area contributed by atoms with E-state index in [0.717, 1.165) is 35.8 Å². The fraction of sp³-hybridized carbons (Fsp3) is 0.684. The zero-order valence-corrected chi connectivity index (χ0v) is 18.4. The number of benzene rings is 1. The molecule has 5 heteroatoms. The van der Waals surface area contributed by atoms with Crippen LogP contribution in [0, 0.1) is 5.82 Å². The van der Waals surface area contributed by atoms with E-state index in [1.165, 1.54) is 6.07 Å². The highest BCUT2D eigenvalue weighted by Crippen LogP contribution is 2.40. The van der Waals surface area contributed by atoms with Gasteiger partial charge >= 0.3 is 0 Å². The van der Waals surface area contributed by atoms with Crippen LogP contribution >= 0.6 is 15.9 Å². The lowest BCUT2D eigenvalue weighted by Gasteiger charge is -2.42. The van der Waals surface area contributed by atoms with Crippen LogP contribution in [-0.2, 0) is 4.43 Å². The molecule has 1 aliphatic rings. The van der Waals surface area contributed by atoms with Gasteiger partial charge in [-0.15, -0.1) is 0 Å². The molecule has 24 heavy (non-hydrogen) atoms. The van der Waals surface area contributed by atoms with Crippen molar-refractivity contribution in [3.8, 4) is 0 Å². The van der Waals surface area contributed by atoms with Gasteiger partial charge in [0.15, 0.2) is 8.32 Å². The number of hydrogen-bond acceptors (Lipinski definition) is 2. The quantitative estimate of drug-likeness (QED) is 0.530. The van der Waals surface area contributed by atoms with Crippen LogP contribution in [0.25, 0.3) is 0 Å². The summed E-state index contributed by atoms with van der Waals surface area (Å²) in [4.78, 5) is 2.22. The summed E-state index contributed by atoms with van der Waals surface area (Å²) in [5.41, 5.74) is 0.934. The summed E-state index contributed by atoms with van der Waals surface area (Å²) in [5, 5.41) is 0.257. The van der Waals surface area contributed by atoms with Gasteiger partial charge in [-0.05, 0) is 77.9 Å². The summed E-state index contributed by atoms with van der Waals surface area (Å²) < 4.78 is 21.1. The largest absolute Gasteiger partial charge is 0.414 e. The van der Waals surface area contributed by atoms with Gasteiger partial charge in [-0.1, -0.05) is 20.8 Å². The molecular weight excluding hydrogens is 385 g/mol. The van der Waals surface area contributed by atoms with E-state index in [2.05, 4.69) is 61.7 Å². The van der Waals surface area contributed by atoms with Gasteiger partial charge in [0.05, 0.1) is 5.69 Å². The lowest BCUT2D eigenvalue weighted by Crippen LogP contribution is -2.46. The minimum atomic E-state index is -1.69. The Hall–Kier alpha value is -0.393. The third kappa shape index (κ3) is 4.61. The number of hydrogen-bond donors (Lipinski definition) is 0. The zero-order chi connectivity index (χ0) is 18.1. The van der Waals surface area contributed by atoms with E-state index in [-0.39, 0.29) is 10.9 Å². The molecule has 0 heterocycles. The number of rotatable bonds is 4. The van der Waals surface area contributed by atoms with Crippen molar-refractivity contribution in [1.82, 2.24) is 0 Å². The molecule has 0 radical (unpaired) electrons. The van der Waals surface area contributed by atoms with Crippen molar-refractivity contribution >= 4 is 29.9 Å². The van der Waals surface area contributed by atoms with Crippen molar-refractivity contribution in [2.75, 3.05) is 11.9 Å². The molecule has 1 fully saturated rings. The third-order valence-electron chi connectivity index (χ3n) is 5.75. The molecule has 0 N–H and O–H groups in total. The van der Waals surface area contributed by atoms with Gasteiger partial charge in [-0.3, -0.25) is 0 Å². The second-order valence-corrected chi connectivity index (χ2v) is 14.1. The lowest BCUT2D eigenvalue weighted by molar-refractivity contribution is 0.130. The van der Waals surface area contributed by atoms with Gasteiger partial charge in [-0.2, -0.15) is 0 Å². The van der Waals surface area contributed by atoms with Gasteiger partial charge in [0.1, 0.15) is 5.82 Å². The molecule has 0 amide bonds. The predicted molar refractivity (Wildman–Crippen MR) is 107 cm³/mol. The normalized spacial score (nSPS) is 22.5. The Morgan fingerprint density at radius 3 is 2.29 bits per heavy atom. The molecule has 1 saturated carbocycles. The molecule has 0 bridgehead atoms. The SMILES string of the molecule is CN(c1cc(F)ccc1Br)C1CCC(O[Si](C)(C)C(C)(C)C)CC1. The number of halogens is 2. The highest BCUT2D eigenvalue weighted by molar-refractivity contribution is 9.10. The van der Waals surface area contributed by atoms with Crippen LogP contribution in [0.1, 0.15) is 46.5 Å². The van der Waals surface area contributed by atoms with E-state index in [1.54, 1.807) is 12.1 Å². The molecule has 2 rings (SSSR count). The Kier molecular flexibility index (Phi) is 6.20. The topological polar surface area (TPSA) is 12.5 Å². The molecule has 2 nitrogen and oxygen atoms in total. The average Bonchev–Trinajstić information content (AvgIpc) is 2.48. The molecular formula is C19H31BrFNOSi. The fourth-order valence-electron chi connectivity index (χ4n) is 3.10. The summed E-state index contributed by atoms with van der Waals surface area (Å²) >= 11 is 3.54. The monoisotopic (exact) mass is 415 g/mol. The highest BCUT2D eigenvalue weighted by atomic mass is 79.9. The van der Waals surface area contributed by atoms with E-state index in [4.69, 9.17) is 4.43 Å². The Balaban J connectivity index is 1.96. The van der Waals surface area contributed by atoms with Crippen LogP contribution in [0.3, 0.4) is 0 Å². The molecule has 136 valence electrons. The zero-order valence-electron chi connectivity index (χ0n) is 15.8. The minimum absolute atomic E-state index is 0.185. The van der Waals surface area contributed by atoms with Gasteiger partial charge in [-0.25, -0.2) is 4.39 Å². The lowest BCUT2D eigenvalue weighted by atomic mass is 9.92. The highest BCUT2D eigenvalue weighted by Gasteiger charge is 2.40. The van der Waals surface area contributed by atoms with Gasteiger partial charge in [0, 0.05) is 23.7 Å². The van der Waals surface area contributed by atoms with Crippen LogP contribution in [0.2, 0.25) is 18.1 Å². The maximum Gasteiger partial charge on any atom is 0.192 e. The van der Waals surface area contributed by atoms with Crippen molar-refractivity contribution in [2.24, 2.45) is 0 Å². The first kappa shape index (κ1) is 19.9. The second-order valence-electron chi connectivity index (χ2n) is 8.52.